The van der Waals surface area contributed by atoms with Crippen molar-refractivity contribution in [2.75, 3.05) is 13.1 Å². The number of benzene rings is 2. The van der Waals surface area contributed by atoms with Crippen molar-refractivity contribution in [3.05, 3.63) is 83.4 Å². The fraction of sp³-hybridized carbons (Fsp3) is 0.545. The number of thiocarbonyl (C=S) groups is 1. The molecule has 3 heteroatoms. The predicted molar refractivity (Wildman–Crippen MR) is 152 cm³/mol. The number of allylic oxidation sites excluding steroid dienone is 2. The zero-order valence-electron chi connectivity index (χ0n) is 21.9. The average molecular weight is 497 g/mol. The monoisotopic (exact) mass is 496 g/mol. The molecule has 5 fully saturated rings. The second-order valence-corrected chi connectivity index (χ2v) is 14.0. The van der Waals surface area contributed by atoms with Gasteiger partial charge >= 0.3 is 0 Å². The largest absolute Gasteiger partial charge is 0.365 e. The van der Waals surface area contributed by atoms with Crippen molar-refractivity contribution < 1.29 is 0 Å². The van der Waals surface area contributed by atoms with Crippen LogP contribution in [0, 0.1) is 28.1 Å². The SMILES string of the molecule is CC1(C)CN(C(=S)C23CC4CC5(C2)C(CC5(c2ccccc2)C3)/C4=C\Cc2ccccc2)CC[C@@H]1N. The van der Waals surface area contributed by atoms with Crippen LogP contribution in [0.5, 0.6) is 0 Å². The number of likely N-dealkylation sites (tertiary alicyclic amines) is 1. The zero-order valence-corrected chi connectivity index (χ0v) is 22.7. The van der Waals surface area contributed by atoms with Crippen LogP contribution in [0.25, 0.3) is 0 Å². The Kier molecular flexibility index (Phi) is 5.00. The van der Waals surface area contributed by atoms with Crippen LogP contribution in [0.3, 0.4) is 0 Å². The molecular weight excluding hydrogens is 456 g/mol. The van der Waals surface area contributed by atoms with Crippen LogP contribution in [0.2, 0.25) is 0 Å². The van der Waals surface area contributed by atoms with Gasteiger partial charge in [-0.05, 0) is 78.7 Å². The molecule has 4 saturated carbocycles. The fourth-order valence-electron chi connectivity index (χ4n) is 9.77. The first-order valence-electron chi connectivity index (χ1n) is 14.1. The molecule has 0 radical (unpaired) electrons. The molecule has 2 aromatic carbocycles. The molecule has 2 N–H and O–H groups in total. The third-order valence-electron chi connectivity index (χ3n) is 11.4. The van der Waals surface area contributed by atoms with E-state index in [2.05, 4.69) is 85.5 Å². The molecule has 188 valence electrons. The van der Waals surface area contributed by atoms with Crippen LogP contribution in [0.1, 0.15) is 63.5 Å². The fourth-order valence-corrected chi connectivity index (χ4v) is 10.2. The van der Waals surface area contributed by atoms with E-state index in [1.165, 1.54) is 42.7 Å². The van der Waals surface area contributed by atoms with Gasteiger partial charge in [-0.15, -0.1) is 0 Å². The second kappa shape index (κ2) is 7.77. The van der Waals surface area contributed by atoms with Crippen molar-refractivity contribution in [3.63, 3.8) is 0 Å². The highest BCUT2D eigenvalue weighted by molar-refractivity contribution is 7.80. The molecule has 1 saturated heterocycles. The molecule has 4 aliphatic carbocycles. The summed E-state index contributed by atoms with van der Waals surface area (Å²) in [5.41, 5.74) is 12.3. The zero-order chi connectivity index (χ0) is 24.8. The normalized spacial score (nSPS) is 40.8. The lowest BCUT2D eigenvalue weighted by atomic mass is 9.44. The molecule has 7 rings (SSSR count). The molecule has 2 nitrogen and oxygen atoms in total. The van der Waals surface area contributed by atoms with E-state index in [-0.39, 0.29) is 16.9 Å². The van der Waals surface area contributed by atoms with Crippen LogP contribution in [-0.4, -0.2) is 29.0 Å². The van der Waals surface area contributed by atoms with Crippen molar-refractivity contribution in [3.8, 4) is 0 Å². The molecule has 3 bridgehead atoms. The number of hydrogen-bond acceptors (Lipinski definition) is 2. The Hall–Kier alpha value is -1.97. The van der Waals surface area contributed by atoms with Gasteiger partial charge in [-0.25, -0.2) is 0 Å². The first-order valence-corrected chi connectivity index (χ1v) is 14.5. The summed E-state index contributed by atoms with van der Waals surface area (Å²) in [5, 5.41) is 0. The van der Waals surface area contributed by atoms with Crippen LogP contribution in [-0.2, 0) is 11.8 Å². The predicted octanol–water partition coefficient (Wildman–Crippen LogP) is 6.69. The van der Waals surface area contributed by atoms with Gasteiger partial charge in [0.15, 0.2) is 0 Å². The maximum Gasteiger partial charge on any atom is 0.0842 e. The highest BCUT2D eigenvalue weighted by atomic mass is 32.1. The van der Waals surface area contributed by atoms with E-state index >= 15 is 0 Å². The van der Waals surface area contributed by atoms with Gasteiger partial charge in [-0.1, -0.05) is 98.4 Å². The lowest BCUT2D eigenvalue weighted by Crippen LogP contribution is -2.56. The van der Waals surface area contributed by atoms with Crippen LogP contribution in [0.4, 0.5) is 0 Å². The maximum absolute atomic E-state index is 6.53. The number of rotatable bonds is 4. The summed E-state index contributed by atoms with van der Waals surface area (Å²) in [7, 11) is 0. The van der Waals surface area contributed by atoms with E-state index in [1.54, 1.807) is 11.1 Å². The Balaban J connectivity index is 1.27. The quantitative estimate of drug-likeness (QED) is 0.378. The molecule has 0 amide bonds. The third kappa shape index (κ3) is 3.02. The van der Waals surface area contributed by atoms with E-state index in [0.29, 0.717) is 16.7 Å². The van der Waals surface area contributed by atoms with E-state index in [4.69, 9.17) is 18.0 Å². The number of hydrogen-bond donors (Lipinski definition) is 1. The van der Waals surface area contributed by atoms with Crippen LogP contribution < -0.4 is 5.73 Å². The number of nitrogens with two attached hydrogens (primary N) is 1. The van der Waals surface area contributed by atoms with Crippen molar-refractivity contribution in [1.82, 2.24) is 4.90 Å². The van der Waals surface area contributed by atoms with Gasteiger partial charge in [0.25, 0.3) is 0 Å². The number of nitrogens with zero attached hydrogens (tertiary/aromatic N) is 1. The van der Waals surface area contributed by atoms with Gasteiger partial charge in [-0.3, -0.25) is 0 Å². The minimum atomic E-state index is 0.114. The summed E-state index contributed by atoms with van der Waals surface area (Å²) >= 11 is 6.52. The molecule has 2 aromatic rings. The number of piperidine rings is 1. The van der Waals surface area contributed by atoms with Gasteiger partial charge in [0.1, 0.15) is 0 Å². The maximum atomic E-state index is 6.53. The van der Waals surface area contributed by atoms with Gasteiger partial charge < -0.3 is 10.6 Å². The second-order valence-electron chi connectivity index (χ2n) is 13.6. The Labute approximate surface area is 222 Å². The first-order chi connectivity index (χ1) is 17.3. The summed E-state index contributed by atoms with van der Waals surface area (Å²) in [4.78, 5) is 3.87. The molecule has 5 unspecified atom stereocenters. The van der Waals surface area contributed by atoms with E-state index in [9.17, 15) is 0 Å². The van der Waals surface area contributed by atoms with Gasteiger partial charge in [0.2, 0.25) is 0 Å². The molecule has 1 spiro atoms. The number of fused-ring (bicyclic) bond motifs is 2. The highest BCUT2D eigenvalue weighted by Gasteiger charge is 2.80. The summed E-state index contributed by atoms with van der Waals surface area (Å²) < 4.78 is 0. The van der Waals surface area contributed by atoms with Crippen LogP contribution in [0.15, 0.2) is 72.3 Å². The van der Waals surface area contributed by atoms with Gasteiger partial charge in [0.05, 0.1) is 4.99 Å². The first kappa shape index (κ1) is 23.2. The summed E-state index contributed by atoms with van der Waals surface area (Å²) in [6.07, 6.45) is 11.2. The van der Waals surface area contributed by atoms with E-state index in [0.717, 1.165) is 31.8 Å². The Morgan fingerprint density at radius 3 is 2.44 bits per heavy atom. The Morgan fingerprint density at radius 2 is 1.72 bits per heavy atom. The van der Waals surface area contributed by atoms with Gasteiger partial charge in [-0.2, -0.15) is 0 Å². The molecule has 1 heterocycles. The van der Waals surface area contributed by atoms with Crippen molar-refractivity contribution in [2.24, 2.45) is 33.8 Å². The lowest BCUT2D eigenvalue weighted by molar-refractivity contribution is -0.0251. The summed E-state index contributed by atoms with van der Waals surface area (Å²) in [6.45, 7) is 6.70. The average Bonchev–Trinajstić information content (AvgIpc) is 3.16. The van der Waals surface area contributed by atoms with Crippen molar-refractivity contribution in [1.29, 1.82) is 0 Å². The topological polar surface area (TPSA) is 29.3 Å². The Morgan fingerprint density at radius 1 is 1.00 bits per heavy atom. The molecule has 5 aliphatic rings. The van der Waals surface area contributed by atoms with Crippen molar-refractivity contribution in [2.45, 2.75) is 70.3 Å². The minimum absolute atomic E-state index is 0.114. The Bertz CT molecular complexity index is 1220. The van der Waals surface area contributed by atoms with E-state index < -0.39 is 0 Å². The van der Waals surface area contributed by atoms with Gasteiger partial charge in [0, 0.05) is 30.0 Å². The van der Waals surface area contributed by atoms with E-state index in [1.807, 2.05) is 0 Å². The minimum Gasteiger partial charge on any atom is -0.365 e. The molecular formula is C33H40N2S. The molecule has 0 aromatic heterocycles. The van der Waals surface area contributed by atoms with Crippen molar-refractivity contribution >= 4 is 17.2 Å². The van der Waals surface area contributed by atoms with Crippen LogP contribution >= 0.6 is 12.2 Å². The summed E-state index contributed by atoms with van der Waals surface area (Å²) in [6, 6.07) is 22.8. The summed E-state index contributed by atoms with van der Waals surface area (Å²) in [5.74, 6) is 1.43. The molecule has 36 heavy (non-hydrogen) atoms. The molecule has 1 aliphatic heterocycles. The smallest absolute Gasteiger partial charge is 0.0842 e. The lowest BCUT2D eigenvalue weighted by Gasteiger charge is -2.59. The standard InChI is InChI=1S/C33H40N2S/c1-30(2)22-35(16-15-28(30)34)29(36)31-17-24-18-33(21-31)27(26(24)14-13-23-9-5-3-6-10-23)19-32(33,20-31)25-11-7-4-8-12-25/h3-12,14,24,27-28H,13,15-22,34H2,1-2H3/b26-14-/t24?,27?,28-,31?,32?,33?/m0/s1. The third-order valence-corrected chi connectivity index (χ3v) is 12.1. The highest BCUT2D eigenvalue weighted by Crippen LogP contribution is 2.85. The molecule has 6 atom stereocenters.